The Morgan fingerprint density at radius 3 is 2.27 bits per heavy atom. The topological polar surface area (TPSA) is 43.4 Å². The van der Waals surface area contributed by atoms with Crippen LogP contribution in [0, 0.1) is 5.41 Å². The van der Waals surface area contributed by atoms with Crippen molar-refractivity contribution in [3.63, 3.8) is 0 Å². The number of allylic oxidation sites excluding steroid dienone is 1. The summed E-state index contributed by atoms with van der Waals surface area (Å²) < 4.78 is 4.87. The van der Waals surface area contributed by atoms with E-state index >= 15 is 0 Å². The highest BCUT2D eigenvalue weighted by Gasteiger charge is 2.18. The molecule has 3 nitrogen and oxygen atoms in total. The first-order valence-corrected chi connectivity index (χ1v) is 5.27. The summed E-state index contributed by atoms with van der Waals surface area (Å²) in [5.41, 5.74) is -0.444. The SMILES string of the molecule is CCCCOC(=O)C=CC(=O)C(C)(C)C. The standard InChI is InChI=1S/C12H20O3/c1-5-6-9-15-11(14)8-7-10(13)12(2,3)4/h7-8H,5-6,9H2,1-4H3. The molecule has 0 aliphatic heterocycles. The second kappa shape index (κ2) is 6.38. The molecule has 15 heavy (non-hydrogen) atoms. The van der Waals surface area contributed by atoms with Crippen molar-refractivity contribution in [2.75, 3.05) is 6.61 Å². The zero-order valence-electron chi connectivity index (χ0n) is 10.0. The first kappa shape index (κ1) is 13.9. The van der Waals surface area contributed by atoms with Gasteiger partial charge in [-0.25, -0.2) is 4.79 Å². The number of rotatable bonds is 5. The van der Waals surface area contributed by atoms with Crippen molar-refractivity contribution < 1.29 is 14.3 Å². The highest BCUT2D eigenvalue weighted by molar-refractivity contribution is 5.98. The Balaban J connectivity index is 3.96. The molecule has 3 heteroatoms. The van der Waals surface area contributed by atoms with Crippen LogP contribution in [0.2, 0.25) is 0 Å². The smallest absolute Gasteiger partial charge is 0.330 e. The van der Waals surface area contributed by atoms with Gasteiger partial charge in [-0.15, -0.1) is 0 Å². The predicted molar refractivity (Wildman–Crippen MR) is 59.5 cm³/mol. The molecule has 86 valence electrons. The van der Waals surface area contributed by atoms with Crippen molar-refractivity contribution in [2.24, 2.45) is 5.41 Å². The van der Waals surface area contributed by atoms with E-state index in [4.69, 9.17) is 4.74 Å². The second-order valence-electron chi connectivity index (χ2n) is 4.47. The maximum Gasteiger partial charge on any atom is 0.330 e. The molecule has 0 aliphatic carbocycles. The number of ether oxygens (including phenoxy) is 1. The average Bonchev–Trinajstić information content (AvgIpc) is 2.13. The quantitative estimate of drug-likeness (QED) is 0.399. The molecule has 0 aromatic carbocycles. The Morgan fingerprint density at radius 2 is 1.80 bits per heavy atom. The van der Waals surface area contributed by atoms with Crippen LogP contribution in [0.5, 0.6) is 0 Å². The molecule has 0 saturated carbocycles. The van der Waals surface area contributed by atoms with Gasteiger partial charge in [-0.2, -0.15) is 0 Å². The van der Waals surface area contributed by atoms with Gasteiger partial charge in [0.15, 0.2) is 5.78 Å². The van der Waals surface area contributed by atoms with Gasteiger partial charge in [0.25, 0.3) is 0 Å². The molecule has 0 aromatic heterocycles. The Kier molecular flexibility index (Phi) is 5.90. The van der Waals surface area contributed by atoms with E-state index in [9.17, 15) is 9.59 Å². The maximum absolute atomic E-state index is 11.4. The summed E-state index contributed by atoms with van der Waals surface area (Å²) in [5.74, 6) is -0.518. The van der Waals surface area contributed by atoms with Gasteiger partial charge in [-0.1, -0.05) is 34.1 Å². The van der Waals surface area contributed by atoms with E-state index in [1.165, 1.54) is 12.2 Å². The van der Waals surface area contributed by atoms with Gasteiger partial charge >= 0.3 is 5.97 Å². The van der Waals surface area contributed by atoms with E-state index < -0.39 is 11.4 Å². The normalized spacial score (nSPS) is 11.7. The summed E-state index contributed by atoms with van der Waals surface area (Å²) in [4.78, 5) is 22.5. The minimum absolute atomic E-state index is 0.0741. The van der Waals surface area contributed by atoms with Gasteiger partial charge in [0.2, 0.25) is 0 Å². The lowest BCUT2D eigenvalue weighted by molar-refractivity contribution is -0.138. The fourth-order valence-electron chi connectivity index (χ4n) is 0.759. The monoisotopic (exact) mass is 212 g/mol. The van der Waals surface area contributed by atoms with E-state index in [2.05, 4.69) is 0 Å². The number of esters is 1. The molecule has 0 N–H and O–H groups in total. The van der Waals surface area contributed by atoms with E-state index in [1.54, 1.807) is 0 Å². The lowest BCUT2D eigenvalue weighted by atomic mass is 9.91. The highest BCUT2D eigenvalue weighted by Crippen LogP contribution is 2.14. The number of hydrogen-bond acceptors (Lipinski definition) is 3. The number of hydrogen-bond donors (Lipinski definition) is 0. The average molecular weight is 212 g/mol. The largest absolute Gasteiger partial charge is 0.463 e. The van der Waals surface area contributed by atoms with E-state index in [-0.39, 0.29) is 5.78 Å². The molecular weight excluding hydrogens is 192 g/mol. The third-order valence-electron chi connectivity index (χ3n) is 1.85. The van der Waals surface area contributed by atoms with Gasteiger partial charge in [0.05, 0.1) is 6.61 Å². The molecule has 0 amide bonds. The lowest BCUT2D eigenvalue weighted by Crippen LogP contribution is -2.17. The van der Waals surface area contributed by atoms with Crippen molar-refractivity contribution >= 4 is 11.8 Å². The minimum Gasteiger partial charge on any atom is -0.463 e. The van der Waals surface area contributed by atoms with Crippen LogP contribution in [-0.2, 0) is 14.3 Å². The molecule has 0 aromatic rings. The summed E-state index contributed by atoms with van der Waals surface area (Å²) in [5, 5.41) is 0. The van der Waals surface area contributed by atoms with Crippen molar-refractivity contribution in [1.82, 2.24) is 0 Å². The Hall–Kier alpha value is -1.12. The molecule has 0 saturated heterocycles. The zero-order chi connectivity index (χ0) is 11.9. The molecule has 0 unspecified atom stereocenters. The van der Waals surface area contributed by atoms with Crippen LogP contribution < -0.4 is 0 Å². The van der Waals surface area contributed by atoms with Crippen molar-refractivity contribution in [2.45, 2.75) is 40.5 Å². The molecule has 0 bridgehead atoms. The van der Waals surface area contributed by atoms with Crippen LogP contribution in [0.15, 0.2) is 12.2 Å². The zero-order valence-corrected chi connectivity index (χ0v) is 10.0. The Morgan fingerprint density at radius 1 is 1.20 bits per heavy atom. The lowest BCUT2D eigenvalue weighted by Gasteiger charge is -2.12. The fraction of sp³-hybridized carbons (Fsp3) is 0.667. The molecule has 0 atom stereocenters. The molecule has 0 fully saturated rings. The molecule has 0 radical (unpaired) electrons. The maximum atomic E-state index is 11.4. The molecule has 0 aliphatic rings. The second-order valence-corrected chi connectivity index (χ2v) is 4.47. The van der Waals surface area contributed by atoms with Gasteiger partial charge in [-0.3, -0.25) is 4.79 Å². The molecular formula is C12H20O3. The van der Waals surface area contributed by atoms with Gasteiger partial charge in [0.1, 0.15) is 0 Å². The number of ketones is 1. The summed E-state index contributed by atoms with van der Waals surface area (Å²) in [6.45, 7) is 7.86. The van der Waals surface area contributed by atoms with Gasteiger partial charge in [0, 0.05) is 11.5 Å². The third-order valence-corrected chi connectivity index (χ3v) is 1.85. The molecule has 0 heterocycles. The molecule has 0 rings (SSSR count). The van der Waals surface area contributed by atoms with Crippen LogP contribution in [0.3, 0.4) is 0 Å². The third kappa shape index (κ3) is 6.89. The van der Waals surface area contributed by atoms with Crippen LogP contribution in [-0.4, -0.2) is 18.4 Å². The fourth-order valence-corrected chi connectivity index (χ4v) is 0.759. The summed E-state index contributed by atoms with van der Waals surface area (Å²) >= 11 is 0. The van der Waals surface area contributed by atoms with Crippen LogP contribution in [0.25, 0.3) is 0 Å². The van der Waals surface area contributed by atoms with Crippen molar-refractivity contribution in [1.29, 1.82) is 0 Å². The molecule has 0 spiro atoms. The van der Waals surface area contributed by atoms with Crippen LogP contribution >= 0.6 is 0 Å². The van der Waals surface area contributed by atoms with E-state index in [0.717, 1.165) is 12.8 Å². The van der Waals surface area contributed by atoms with Crippen molar-refractivity contribution in [3.05, 3.63) is 12.2 Å². The number of unbranched alkanes of at least 4 members (excludes halogenated alkanes) is 1. The van der Waals surface area contributed by atoms with Crippen LogP contribution in [0.1, 0.15) is 40.5 Å². The summed E-state index contributed by atoms with van der Waals surface area (Å²) in [6.07, 6.45) is 4.32. The van der Waals surface area contributed by atoms with E-state index in [0.29, 0.717) is 6.61 Å². The summed E-state index contributed by atoms with van der Waals surface area (Å²) in [7, 11) is 0. The first-order valence-electron chi connectivity index (χ1n) is 5.27. The highest BCUT2D eigenvalue weighted by atomic mass is 16.5. The van der Waals surface area contributed by atoms with Gasteiger partial charge < -0.3 is 4.74 Å². The first-order chi connectivity index (χ1) is 6.88. The minimum atomic E-state index is -0.444. The van der Waals surface area contributed by atoms with Gasteiger partial charge in [-0.05, 0) is 12.5 Å². The predicted octanol–water partition coefficient (Wildman–Crippen LogP) is 2.50. The Labute approximate surface area is 91.5 Å². The number of carbonyl (C=O) groups is 2. The van der Waals surface area contributed by atoms with Crippen molar-refractivity contribution in [3.8, 4) is 0 Å². The van der Waals surface area contributed by atoms with E-state index in [1.807, 2.05) is 27.7 Å². The number of carbonyl (C=O) groups excluding carboxylic acids is 2. The Bertz CT molecular complexity index is 246. The summed E-state index contributed by atoms with van der Waals surface area (Å²) in [6, 6.07) is 0. The van der Waals surface area contributed by atoms with Crippen LogP contribution in [0.4, 0.5) is 0 Å².